The third-order valence-corrected chi connectivity index (χ3v) is 7.42. The molecule has 5 rings (SSSR count). The molecule has 0 amide bonds. The molecule has 4 heterocycles. The molecule has 0 aliphatic carbocycles. The Morgan fingerprint density at radius 2 is 1.83 bits per heavy atom. The van der Waals surface area contributed by atoms with Gasteiger partial charge in [0.05, 0.1) is 7.11 Å². The van der Waals surface area contributed by atoms with Gasteiger partial charge in [0.2, 0.25) is 5.75 Å². The molecular weight excluding hydrogens is 590 g/mol. The molecule has 4 aromatic heterocycles. The van der Waals surface area contributed by atoms with Crippen LogP contribution in [0.15, 0.2) is 70.5 Å². The molecule has 0 spiro atoms. The standard InChI is InChI=1S/C26H22ClN7O5S2/c1-14(2)16-8-9-20(29-13-16)41(35,36)34-25-21(38-19-7-5-4-6-18(19)37-3)22(27)30-23(31-25)15-10-11-28-17(12-15)24-32-26(40)39-33-24/h4-14H,1-3H3,(H,30,31,34)(H,32,33,40). The number of H-pyrrole nitrogens is 1. The molecule has 0 fully saturated rings. The van der Waals surface area contributed by atoms with Crippen molar-refractivity contribution in [1.82, 2.24) is 30.1 Å². The molecule has 0 saturated carbocycles. The minimum atomic E-state index is -4.22. The monoisotopic (exact) mass is 611 g/mol. The Kier molecular flexibility index (Phi) is 7.97. The van der Waals surface area contributed by atoms with Gasteiger partial charge >= 0.3 is 4.84 Å². The van der Waals surface area contributed by atoms with Crippen molar-refractivity contribution in [2.75, 3.05) is 11.8 Å². The number of aromatic amines is 1. The van der Waals surface area contributed by atoms with E-state index in [1.54, 1.807) is 42.5 Å². The first-order valence-corrected chi connectivity index (χ1v) is 14.3. The number of aromatic nitrogens is 6. The molecule has 0 aliphatic rings. The zero-order chi connectivity index (χ0) is 29.1. The van der Waals surface area contributed by atoms with E-state index in [0.717, 1.165) is 5.56 Å². The summed E-state index contributed by atoms with van der Waals surface area (Å²) in [5.41, 5.74) is 1.72. The molecule has 0 aliphatic heterocycles. The average molecular weight is 612 g/mol. The number of hydrogen-bond acceptors (Lipinski definition) is 11. The van der Waals surface area contributed by atoms with Gasteiger partial charge in [-0.25, -0.2) is 15.0 Å². The number of para-hydroxylation sites is 2. The van der Waals surface area contributed by atoms with Crippen molar-refractivity contribution >= 4 is 39.7 Å². The van der Waals surface area contributed by atoms with Crippen LogP contribution in [0.25, 0.3) is 22.9 Å². The van der Waals surface area contributed by atoms with Crippen molar-refractivity contribution in [3.05, 3.63) is 76.5 Å². The molecule has 0 bridgehead atoms. The van der Waals surface area contributed by atoms with Crippen molar-refractivity contribution in [2.24, 2.45) is 0 Å². The SMILES string of the molecule is COc1ccccc1Oc1c(Cl)nc(-c2ccnc(-c3nc(=S)o[nH]3)c2)nc1NS(=O)(=O)c1ccc(C(C)C)cn1. The highest BCUT2D eigenvalue weighted by Crippen LogP contribution is 2.40. The van der Waals surface area contributed by atoms with E-state index in [0.29, 0.717) is 17.0 Å². The maximum atomic E-state index is 13.4. The summed E-state index contributed by atoms with van der Waals surface area (Å²) in [6.07, 6.45) is 3.01. The Morgan fingerprint density at radius 1 is 1.05 bits per heavy atom. The highest BCUT2D eigenvalue weighted by Gasteiger charge is 2.25. The quantitative estimate of drug-likeness (QED) is 0.148. The second kappa shape index (κ2) is 11.6. The van der Waals surface area contributed by atoms with Gasteiger partial charge in [-0.1, -0.05) is 43.6 Å². The largest absolute Gasteiger partial charge is 0.493 e. The van der Waals surface area contributed by atoms with Gasteiger partial charge in [-0.05, 0) is 54.0 Å². The van der Waals surface area contributed by atoms with Crippen LogP contribution >= 0.6 is 23.8 Å². The second-order valence-electron chi connectivity index (χ2n) is 8.82. The van der Waals surface area contributed by atoms with Crippen LogP contribution in [0, 0.1) is 4.84 Å². The summed E-state index contributed by atoms with van der Waals surface area (Å²) in [6, 6.07) is 13.1. The summed E-state index contributed by atoms with van der Waals surface area (Å²) < 4.78 is 45.6. The minimum absolute atomic E-state index is 0.0102. The van der Waals surface area contributed by atoms with E-state index >= 15 is 0 Å². The molecule has 0 radical (unpaired) electrons. The Balaban J connectivity index is 1.60. The smallest absolute Gasteiger partial charge is 0.314 e. The lowest BCUT2D eigenvalue weighted by atomic mass is 10.1. The molecule has 0 atom stereocenters. The number of benzene rings is 1. The van der Waals surface area contributed by atoms with Crippen LogP contribution in [0.5, 0.6) is 17.2 Å². The third kappa shape index (κ3) is 6.19. The van der Waals surface area contributed by atoms with Crippen molar-refractivity contribution in [3.63, 3.8) is 0 Å². The van der Waals surface area contributed by atoms with Gasteiger partial charge in [0.1, 0.15) is 5.69 Å². The number of hydrogen-bond donors (Lipinski definition) is 2. The molecule has 5 aromatic rings. The Morgan fingerprint density at radius 3 is 2.49 bits per heavy atom. The number of halogens is 1. The summed E-state index contributed by atoms with van der Waals surface area (Å²) in [7, 11) is -2.75. The highest BCUT2D eigenvalue weighted by atomic mass is 35.5. The van der Waals surface area contributed by atoms with E-state index in [2.05, 4.69) is 34.8 Å². The molecule has 210 valence electrons. The fourth-order valence-electron chi connectivity index (χ4n) is 3.63. The number of methoxy groups -OCH3 is 1. The van der Waals surface area contributed by atoms with Gasteiger partial charge in [-0.3, -0.25) is 9.71 Å². The maximum absolute atomic E-state index is 13.4. The number of nitrogens with one attached hydrogen (secondary N) is 2. The predicted octanol–water partition coefficient (Wildman–Crippen LogP) is 6.02. The number of rotatable bonds is 9. The Labute approximate surface area is 244 Å². The zero-order valence-corrected chi connectivity index (χ0v) is 24.2. The molecule has 0 unspecified atom stereocenters. The maximum Gasteiger partial charge on any atom is 0.314 e. The topological polar surface area (TPSA) is 158 Å². The van der Waals surface area contributed by atoms with Gasteiger partial charge in [0.15, 0.2) is 39.1 Å². The van der Waals surface area contributed by atoms with Crippen molar-refractivity contribution in [1.29, 1.82) is 0 Å². The first-order chi connectivity index (χ1) is 19.6. The number of anilines is 1. The lowest BCUT2D eigenvalue weighted by molar-refractivity contribution is 0.378. The van der Waals surface area contributed by atoms with Gasteiger partial charge in [-0.15, -0.1) is 0 Å². The van der Waals surface area contributed by atoms with Crippen molar-refractivity contribution in [2.45, 2.75) is 24.8 Å². The van der Waals surface area contributed by atoms with Crippen LogP contribution in [-0.4, -0.2) is 45.6 Å². The van der Waals surface area contributed by atoms with Crippen molar-refractivity contribution < 1.29 is 22.4 Å². The van der Waals surface area contributed by atoms with E-state index in [-0.39, 0.29) is 49.9 Å². The van der Waals surface area contributed by atoms with E-state index in [1.807, 2.05) is 13.8 Å². The molecule has 1 aromatic carbocycles. The number of pyridine rings is 2. The second-order valence-corrected chi connectivity index (χ2v) is 11.2. The molecule has 12 nitrogen and oxygen atoms in total. The average Bonchev–Trinajstić information content (AvgIpc) is 3.41. The lowest BCUT2D eigenvalue weighted by Gasteiger charge is -2.16. The minimum Gasteiger partial charge on any atom is -0.493 e. The van der Waals surface area contributed by atoms with Crippen molar-refractivity contribution in [3.8, 4) is 40.2 Å². The van der Waals surface area contributed by atoms with E-state index in [4.69, 9.17) is 37.8 Å². The van der Waals surface area contributed by atoms with E-state index in [9.17, 15) is 8.42 Å². The van der Waals surface area contributed by atoms with E-state index in [1.165, 1.54) is 25.6 Å². The van der Waals surface area contributed by atoms with Crippen LogP contribution in [0.4, 0.5) is 5.82 Å². The summed E-state index contributed by atoms with van der Waals surface area (Å²) in [5.74, 6) is 0.827. The summed E-state index contributed by atoms with van der Waals surface area (Å²) in [4.78, 5) is 21.3. The fourth-order valence-corrected chi connectivity index (χ4v) is 4.91. The van der Waals surface area contributed by atoms with Gasteiger partial charge in [0.25, 0.3) is 10.0 Å². The van der Waals surface area contributed by atoms with Gasteiger partial charge < -0.3 is 14.0 Å². The van der Waals surface area contributed by atoms with Gasteiger partial charge in [-0.2, -0.15) is 18.6 Å². The number of sulfonamides is 1. The first-order valence-electron chi connectivity index (χ1n) is 12.0. The summed E-state index contributed by atoms with van der Waals surface area (Å²) in [6.45, 7) is 3.97. The molecular formula is C26H22ClN7O5S2. The predicted molar refractivity (Wildman–Crippen MR) is 153 cm³/mol. The molecule has 0 saturated heterocycles. The number of ether oxygens (including phenoxy) is 2. The number of nitrogens with zero attached hydrogens (tertiary/aromatic N) is 5. The molecule has 2 N–H and O–H groups in total. The van der Waals surface area contributed by atoms with Crippen LogP contribution in [0.3, 0.4) is 0 Å². The fraction of sp³-hybridized carbons (Fsp3) is 0.154. The lowest BCUT2D eigenvalue weighted by Crippen LogP contribution is -2.17. The van der Waals surface area contributed by atoms with Crippen LogP contribution in [0.2, 0.25) is 5.15 Å². The third-order valence-electron chi connectivity index (χ3n) is 5.74. The zero-order valence-electron chi connectivity index (χ0n) is 21.8. The Hall–Kier alpha value is -4.40. The van der Waals surface area contributed by atoms with Gasteiger partial charge in [0, 0.05) is 18.0 Å². The highest BCUT2D eigenvalue weighted by molar-refractivity contribution is 7.92. The molecule has 15 heteroatoms. The molecule has 41 heavy (non-hydrogen) atoms. The van der Waals surface area contributed by atoms with Crippen LogP contribution in [0.1, 0.15) is 25.3 Å². The van der Waals surface area contributed by atoms with Crippen LogP contribution < -0.4 is 14.2 Å². The first kappa shape index (κ1) is 28.1. The Bertz CT molecular complexity index is 1880. The van der Waals surface area contributed by atoms with Crippen LogP contribution in [-0.2, 0) is 10.0 Å². The summed E-state index contributed by atoms with van der Waals surface area (Å²) in [5, 5.41) is 2.20. The van der Waals surface area contributed by atoms with E-state index < -0.39 is 10.0 Å². The summed E-state index contributed by atoms with van der Waals surface area (Å²) >= 11 is 11.5. The normalized spacial score (nSPS) is 11.4.